The molecule has 19 heavy (non-hydrogen) atoms. The van der Waals surface area contributed by atoms with Gasteiger partial charge in [-0.05, 0) is 44.7 Å². The fourth-order valence-corrected chi connectivity index (χ4v) is 2.83. The molecule has 0 amide bonds. The summed E-state index contributed by atoms with van der Waals surface area (Å²) in [6, 6.07) is 9.55. The Morgan fingerprint density at radius 1 is 1.42 bits per heavy atom. The quantitative estimate of drug-likeness (QED) is 0.838. The van der Waals surface area contributed by atoms with Gasteiger partial charge >= 0.3 is 0 Å². The molecule has 1 heterocycles. The minimum absolute atomic E-state index is 0.284. The lowest BCUT2D eigenvalue weighted by molar-refractivity contribution is 0.201. The number of hydrogen-bond donors (Lipinski definition) is 0. The summed E-state index contributed by atoms with van der Waals surface area (Å²) < 4.78 is 1.13. The monoisotopic (exact) mass is 321 g/mol. The van der Waals surface area contributed by atoms with Gasteiger partial charge in [0.15, 0.2) is 0 Å². The van der Waals surface area contributed by atoms with Gasteiger partial charge in [0.2, 0.25) is 0 Å². The van der Waals surface area contributed by atoms with E-state index in [1.54, 1.807) is 0 Å². The highest BCUT2D eigenvalue weighted by Crippen LogP contribution is 2.28. The van der Waals surface area contributed by atoms with Crippen LogP contribution in [0.4, 0.5) is 5.69 Å². The minimum atomic E-state index is 0.284. The first-order valence-corrected chi connectivity index (χ1v) is 7.42. The van der Waals surface area contributed by atoms with Crippen LogP contribution in [0.25, 0.3) is 0 Å². The van der Waals surface area contributed by atoms with Crippen LogP contribution in [0.2, 0.25) is 0 Å². The molecule has 2 atom stereocenters. The Morgan fingerprint density at radius 3 is 2.79 bits per heavy atom. The highest BCUT2D eigenvalue weighted by molar-refractivity contribution is 9.10. The lowest BCUT2D eigenvalue weighted by Gasteiger charge is -2.44. The van der Waals surface area contributed by atoms with Crippen LogP contribution in [0, 0.1) is 18.3 Å². The molecule has 2 rings (SSSR count). The van der Waals surface area contributed by atoms with E-state index in [0.29, 0.717) is 12.5 Å². The second kappa shape index (κ2) is 5.94. The third-order valence-electron chi connectivity index (χ3n) is 3.95. The second-order valence-corrected chi connectivity index (χ2v) is 6.24. The predicted octanol–water partition coefficient (Wildman–Crippen LogP) is 3.18. The summed E-state index contributed by atoms with van der Waals surface area (Å²) in [6.07, 6.45) is 0.576. The number of halogens is 1. The average molecular weight is 322 g/mol. The van der Waals surface area contributed by atoms with E-state index in [0.717, 1.165) is 17.6 Å². The summed E-state index contributed by atoms with van der Waals surface area (Å²) in [7, 11) is 2.14. The molecule has 3 nitrogen and oxygen atoms in total. The molecule has 1 fully saturated rings. The van der Waals surface area contributed by atoms with E-state index < -0.39 is 0 Å². The number of likely N-dealkylation sites (N-methyl/N-ethyl adjacent to an activating group) is 1. The smallest absolute Gasteiger partial charge is 0.0643 e. The number of aryl methyl sites for hydroxylation is 1. The molecule has 102 valence electrons. The summed E-state index contributed by atoms with van der Waals surface area (Å²) in [5, 5.41) is 9.03. The standard InChI is InChI=1S/C15H20BrN3/c1-11-8-13(4-5-15(11)16)19-9-12(2)18(3)10-14(19)6-7-17/h4-5,8,12,14H,6,9-10H2,1-3H3. The SMILES string of the molecule is Cc1cc(N2CC(C)N(C)CC2CC#N)ccc1Br. The van der Waals surface area contributed by atoms with Crippen LogP contribution >= 0.6 is 15.9 Å². The molecule has 0 aliphatic carbocycles. The topological polar surface area (TPSA) is 30.3 Å². The van der Waals surface area contributed by atoms with Gasteiger partial charge in [0.05, 0.1) is 18.5 Å². The first-order chi connectivity index (χ1) is 9.02. The summed E-state index contributed by atoms with van der Waals surface area (Å²) in [4.78, 5) is 4.72. The maximum Gasteiger partial charge on any atom is 0.0643 e. The van der Waals surface area contributed by atoms with Gasteiger partial charge in [0, 0.05) is 29.3 Å². The maximum atomic E-state index is 9.03. The largest absolute Gasteiger partial charge is 0.365 e. The van der Waals surface area contributed by atoms with E-state index >= 15 is 0 Å². The highest BCUT2D eigenvalue weighted by atomic mass is 79.9. The summed E-state index contributed by atoms with van der Waals surface area (Å²) in [5.74, 6) is 0. The molecule has 0 radical (unpaired) electrons. The zero-order valence-corrected chi connectivity index (χ0v) is 13.3. The van der Waals surface area contributed by atoms with E-state index in [1.807, 2.05) is 0 Å². The van der Waals surface area contributed by atoms with Crippen LogP contribution in [0.1, 0.15) is 18.9 Å². The van der Waals surface area contributed by atoms with Crippen molar-refractivity contribution in [3.05, 3.63) is 28.2 Å². The molecule has 0 aromatic heterocycles. The van der Waals surface area contributed by atoms with Crippen LogP contribution in [-0.2, 0) is 0 Å². The predicted molar refractivity (Wildman–Crippen MR) is 82.3 cm³/mol. The zero-order valence-electron chi connectivity index (χ0n) is 11.7. The molecular weight excluding hydrogens is 302 g/mol. The van der Waals surface area contributed by atoms with Crippen molar-refractivity contribution in [2.75, 3.05) is 25.0 Å². The van der Waals surface area contributed by atoms with E-state index in [2.05, 4.69) is 70.9 Å². The molecular formula is C15H20BrN3. The lowest BCUT2D eigenvalue weighted by Crippen LogP contribution is -2.56. The molecule has 0 N–H and O–H groups in total. The number of nitriles is 1. The molecule has 2 unspecified atom stereocenters. The first-order valence-electron chi connectivity index (χ1n) is 6.63. The van der Waals surface area contributed by atoms with Crippen LogP contribution in [0.3, 0.4) is 0 Å². The van der Waals surface area contributed by atoms with Crippen molar-refractivity contribution >= 4 is 21.6 Å². The average Bonchev–Trinajstić information content (AvgIpc) is 2.37. The fourth-order valence-electron chi connectivity index (χ4n) is 2.59. The van der Waals surface area contributed by atoms with Gasteiger partial charge in [-0.15, -0.1) is 0 Å². The number of hydrogen-bond acceptors (Lipinski definition) is 3. The Morgan fingerprint density at radius 2 is 2.16 bits per heavy atom. The third kappa shape index (κ3) is 3.10. The number of anilines is 1. The van der Waals surface area contributed by atoms with Crippen molar-refractivity contribution in [3.8, 4) is 6.07 Å². The molecule has 0 spiro atoms. The molecule has 1 saturated heterocycles. The van der Waals surface area contributed by atoms with Gasteiger partial charge in [-0.25, -0.2) is 0 Å². The zero-order chi connectivity index (χ0) is 14.0. The lowest BCUT2D eigenvalue weighted by atomic mass is 10.0. The molecule has 1 aliphatic heterocycles. The molecule has 0 saturated carbocycles. The Balaban J connectivity index is 2.28. The Bertz CT molecular complexity index is 495. The highest BCUT2D eigenvalue weighted by Gasteiger charge is 2.29. The van der Waals surface area contributed by atoms with Gasteiger partial charge in [-0.1, -0.05) is 15.9 Å². The van der Waals surface area contributed by atoms with Gasteiger partial charge in [0.25, 0.3) is 0 Å². The molecule has 0 bridgehead atoms. The van der Waals surface area contributed by atoms with Crippen LogP contribution < -0.4 is 4.90 Å². The summed E-state index contributed by atoms with van der Waals surface area (Å²) in [6.45, 7) is 6.27. The number of nitrogens with zero attached hydrogens (tertiary/aromatic N) is 3. The Kier molecular flexibility index (Phi) is 4.49. The number of rotatable bonds is 2. The van der Waals surface area contributed by atoms with Gasteiger partial charge in [-0.3, -0.25) is 4.90 Å². The van der Waals surface area contributed by atoms with Crippen LogP contribution in [0.15, 0.2) is 22.7 Å². The van der Waals surface area contributed by atoms with Crippen molar-refractivity contribution in [2.45, 2.75) is 32.4 Å². The first kappa shape index (κ1) is 14.4. The van der Waals surface area contributed by atoms with E-state index in [9.17, 15) is 0 Å². The number of benzene rings is 1. The van der Waals surface area contributed by atoms with Crippen molar-refractivity contribution in [2.24, 2.45) is 0 Å². The van der Waals surface area contributed by atoms with Crippen molar-refractivity contribution < 1.29 is 0 Å². The van der Waals surface area contributed by atoms with E-state index in [4.69, 9.17) is 5.26 Å². The Hall–Kier alpha value is -1.05. The number of piperazine rings is 1. The molecule has 4 heteroatoms. The van der Waals surface area contributed by atoms with E-state index in [-0.39, 0.29) is 6.04 Å². The van der Waals surface area contributed by atoms with Gasteiger partial charge in [-0.2, -0.15) is 5.26 Å². The summed E-state index contributed by atoms with van der Waals surface area (Å²) in [5.41, 5.74) is 2.46. The van der Waals surface area contributed by atoms with Crippen molar-refractivity contribution in [1.82, 2.24) is 4.90 Å². The van der Waals surface area contributed by atoms with Gasteiger partial charge in [0.1, 0.15) is 0 Å². The van der Waals surface area contributed by atoms with Gasteiger partial charge < -0.3 is 4.90 Å². The molecule has 1 aliphatic rings. The molecule has 1 aromatic carbocycles. The third-order valence-corrected chi connectivity index (χ3v) is 4.84. The normalized spacial score (nSPS) is 24.3. The summed E-state index contributed by atoms with van der Waals surface area (Å²) >= 11 is 3.54. The van der Waals surface area contributed by atoms with Crippen molar-refractivity contribution in [1.29, 1.82) is 5.26 Å². The minimum Gasteiger partial charge on any atom is -0.365 e. The Labute approximate surface area is 123 Å². The second-order valence-electron chi connectivity index (χ2n) is 5.39. The maximum absolute atomic E-state index is 9.03. The van der Waals surface area contributed by atoms with E-state index in [1.165, 1.54) is 11.3 Å². The fraction of sp³-hybridized carbons (Fsp3) is 0.533. The van der Waals surface area contributed by atoms with Crippen LogP contribution in [-0.4, -0.2) is 37.1 Å². The van der Waals surface area contributed by atoms with Crippen LogP contribution in [0.5, 0.6) is 0 Å². The van der Waals surface area contributed by atoms with Crippen molar-refractivity contribution in [3.63, 3.8) is 0 Å². The molecule has 1 aromatic rings.